The molecule has 0 spiro atoms. The highest BCUT2D eigenvalue weighted by atomic mass is 19.1. The summed E-state index contributed by atoms with van der Waals surface area (Å²) in [5.74, 6) is -0.324. The number of benzene rings is 1. The van der Waals surface area contributed by atoms with Crippen molar-refractivity contribution in [3.8, 4) is 0 Å². The lowest BCUT2D eigenvalue weighted by atomic mass is 10.2. The van der Waals surface area contributed by atoms with Gasteiger partial charge in [-0.25, -0.2) is 4.39 Å². The predicted octanol–water partition coefficient (Wildman–Crippen LogP) is 0.903. The van der Waals surface area contributed by atoms with E-state index in [0.29, 0.717) is 5.69 Å². The van der Waals surface area contributed by atoms with E-state index < -0.39 is 0 Å². The van der Waals surface area contributed by atoms with Crippen LogP contribution < -0.4 is 10.2 Å². The molecule has 2 unspecified atom stereocenters. The van der Waals surface area contributed by atoms with Gasteiger partial charge in [0.1, 0.15) is 5.82 Å². The number of carbonyl (C=O) groups excluding carboxylic acids is 1. The fourth-order valence-corrected chi connectivity index (χ4v) is 2.41. The number of rotatable bonds is 1. The molecular formula is C11H11FN2O. The number of para-hydroxylation sites is 1. The van der Waals surface area contributed by atoms with Crippen LogP contribution in [0.2, 0.25) is 0 Å². The maximum absolute atomic E-state index is 13.5. The van der Waals surface area contributed by atoms with Crippen molar-refractivity contribution in [2.75, 3.05) is 11.4 Å². The van der Waals surface area contributed by atoms with E-state index in [2.05, 4.69) is 5.32 Å². The second kappa shape index (κ2) is 3.03. The molecule has 1 amide bonds. The van der Waals surface area contributed by atoms with Crippen LogP contribution in [-0.4, -0.2) is 24.5 Å². The lowest BCUT2D eigenvalue weighted by molar-refractivity contribution is -0.119. The second-order valence-electron chi connectivity index (χ2n) is 4.01. The highest BCUT2D eigenvalue weighted by Gasteiger charge is 2.45. The molecule has 2 bridgehead atoms. The summed E-state index contributed by atoms with van der Waals surface area (Å²) in [5.41, 5.74) is 0.413. The van der Waals surface area contributed by atoms with Gasteiger partial charge in [-0.1, -0.05) is 12.1 Å². The Hall–Kier alpha value is -1.42. The van der Waals surface area contributed by atoms with Gasteiger partial charge in [0.25, 0.3) is 0 Å². The third-order valence-electron chi connectivity index (χ3n) is 3.12. The van der Waals surface area contributed by atoms with E-state index in [4.69, 9.17) is 0 Å². The van der Waals surface area contributed by atoms with Gasteiger partial charge in [0.2, 0.25) is 5.91 Å². The van der Waals surface area contributed by atoms with Gasteiger partial charge < -0.3 is 10.2 Å². The Bertz CT molecular complexity index is 421. The number of piperazine rings is 1. The van der Waals surface area contributed by atoms with Gasteiger partial charge in [-0.3, -0.25) is 4.79 Å². The fraction of sp³-hybridized carbons (Fsp3) is 0.364. The van der Waals surface area contributed by atoms with E-state index in [-0.39, 0.29) is 23.8 Å². The summed E-state index contributed by atoms with van der Waals surface area (Å²) in [4.78, 5) is 13.4. The van der Waals surface area contributed by atoms with E-state index in [0.717, 1.165) is 13.0 Å². The standard InChI is InChI=1S/C11H11FN2O/c12-8-3-1-2-4-10(8)14-7-5-9(11(14)15)13-6-7/h1-4,7,9,13H,5-6H2. The Morgan fingerprint density at radius 1 is 1.40 bits per heavy atom. The van der Waals surface area contributed by atoms with Crippen LogP contribution in [0.15, 0.2) is 24.3 Å². The Morgan fingerprint density at radius 2 is 2.20 bits per heavy atom. The average Bonchev–Trinajstić information content (AvgIpc) is 2.80. The van der Waals surface area contributed by atoms with Gasteiger partial charge in [0, 0.05) is 6.54 Å². The summed E-state index contributed by atoms with van der Waals surface area (Å²) in [6.07, 6.45) is 0.799. The summed E-state index contributed by atoms with van der Waals surface area (Å²) in [7, 11) is 0. The molecule has 2 saturated heterocycles. The average molecular weight is 206 g/mol. The second-order valence-corrected chi connectivity index (χ2v) is 4.01. The Balaban J connectivity index is 2.02. The van der Waals surface area contributed by atoms with Crippen molar-refractivity contribution in [2.24, 2.45) is 0 Å². The predicted molar refractivity (Wildman–Crippen MR) is 54.1 cm³/mol. The third kappa shape index (κ3) is 1.18. The van der Waals surface area contributed by atoms with Crippen LogP contribution in [0.4, 0.5) is 10.1 Å². The molecule has 2 aliphatic heterocycles. The number of halogens is 1. The molecule has 2 atom stereocenters. The number of amides is 1. The first-order valence-corrected chi connectivity index (χ1v) is 5.08. The molecule has 78 valence electrons. The van der Waals surface area contributed by atoms with E-state index in [1.54, 1.807) is 23.1 Å². The molecule has 2 fully saturated rings. The van der Waals surface area contributed by atoms with Gasteiger partial charge in [-0.15, -0.1) is 0 Å². The summed E-state index contributed by atoms with van der Waals surface area (Å²) >= 11 is 0. The van der Waals surface area contributed by atoms with Crippen LogP contribution in [0.3, 0.4) is 0 Å². The number of hydrogen-bond donors (Lipinski definition) is 1. The van der Waals surface area contributed by atoms with E-state index in [9.17, 15) is 9.18 Å². The summed E-state index contributed by atoms with van der Waals surface area (Å²) in [6.45, 7) is 0.769. The van der Waals surface area contributed by atoms with Gasteiger partial charge in [-0.05, 0) is 18.6 Å². The van der Waals surface area contributed by atoms with Crippen molar-refractivity contribution in [3.63, 3.8) is 0 Å². The molecule has 0 radical (unpaired) electrons. The molecule has 2 aliphatic rings. The molecule has 3 nitrogen and oxygen atoms in total. The molecule has 15 heavy (non-hydrogen) atoms. The monoisotopic (exact) mass is 206 g/mol. The molecule has 1 aromatic carbocycles. The van der Waals surface area contributed by atoms with Crippen LogP contribution in [0.1, 0.15) is 6.42 Å². The minimum Gasteiger partial charge on any atom is -0.304 e. The zero-order chi connectivity index (χ0) is 10.4. The number of nitrogens with zero attached hydrogens (tertiary/aromatic N) is 1. The minimum atomic E-state index is -0.321. The van der Waals surface area contributed by atoms with Crippen LogP contribution in [-0.2, 0) is 4.79 Å². The minimum absolute atomic E-state index is 0.00338. The van der Waals surface area contributed by atoms with Gasteiger partial charge in [0.05, 0.1) is 17.8 Å². The number of hydrogen-bond acceptors (Lipinski definition) is 2. The first-order chi connectivity index (χ1) is 7.27. The Morgan fingerprint density at radius 3 is 2.87 bits per heavy atom. The highest BCUT2D eigenvalue weighted by molar-refractivity contribution is 6.01. The fourth-order valence-electron chi connectivity index (χ4n) is 2.41. The first kappa shape index (κ1) is 8.85. The normalized spacial score (nSPS) is 28.9. The van der Waals surface area contributed by atoms with E-state index >= 15 is 0 Å². The number of fused-ring (bicyclic) bond motifs is 2. The van der Waals surface area contributed by atoms with E-state index in [1.807, 2.05) is 0 Å². The summed E-state index contributed by atoms with van der Waals surface area (Å²) in [6, 6.07) is 6.46. The van der Waals surface area contributed by atoms with Crippen molar-refractivity contribution in [1.29, 1.82) is 0 Å². The van der Waals surface area contributed by atoms with Crippen molar-refractivity contribution in [2.45, 2.75) is 18.5 Å². The van der Waals surface area contributed by atoms with Crippen molar-refractivity contribution >= 4 is 11.6 Å². The molecule has 0 aliphatic carbocycles. The highest BCUT2D eigenvalue weighted by Crippen LogP contribution is 2.31. The van der Waals surface area contributed by atoms with E-state index in [1.165, 1.54) is 6.07 Å². The zero-order valence-corrected chi connectivity index (χ0v) is 8.11. The van der Waals surface area contributed by atoms with Crippen LogP contribution in [0.5, 0.6) is 0 Å². The summed E-state index contributed by atoms with van der Waals surface area (Å²) < 4.78 is 13.5. The smallest absolute Gasteiger partial charge is 0.244 e. The number of anilines is 1. The summed E-state index contributed by atoms with van der Waals surface area (Å²) in [5, 5.41) is 3.11. The van der Waals surface area contributed by atoms with Gasteiger partial charge >= 0.3 is 0 Å². The van der Waals surface area contributed by atoms with Crippen LogP contribution in [0, 0.1) is 5.82 Å². The van der Waals surface area contributed by atoms with Crippen molar-refractivity contribution in [1.82, 2.24) is 5.32 Å². The Labute approximate surface area is 86.9 Å². The molecule has 0 saturated carbocycles. The third-order valence-corrected chi connectivity index (χ3v) is 3.12. The van der Waals surface area contributed by atoms with Gasteiger partial charge in [-0.2, -0.15) is 0 Å². The molecule has 1 aromatic rings. The van der Waals surface area contributed by atoms with Crippen molar-refractivity contribution in [3.05, 3.63) is 30.1 Å². The zero-order valence-electron chi connectivity index (χ0n) is 8.11. The maximum atomic E-state index is 13.5. The number of carbonyl (C=O) groups is 1. The van der Waals surface area contributed by atoms with Gasteiger partial charge in [0.15, 0.2) is 0 Å². The largest absolute Gasteiger partial charge is 0.304 e. The van der Waals surface area contributed by atoms with Crippen LogP contribution in [0.25, 0.3) is 0 Å². The topological polar surface area (TPSA) is 32.3 Å². The quantitative estimate of drug-likeness (QED) is 0.740. The van der Waals surface area contributed by atoms with Crippen LogP contribution >= 0.6 is 0 Å². The SMILES string of the molecule is O=C1C2CC(CN2)N1c1ccccc1F. The number of nitrogens with one attached hydrogen (secondary N) is 1. The molecule has 3 rings (SSSR count). The Kier molecular flexibility index (Phi) is 1.79. The molecule has 0 aromatic heterocycles. The molecular weight excluding hydrogens is 195 g/mol. The maximum Gasteiger partial charge on any atom is 0.244 e. The molecule has 2 heterocycles. The van der Waals surface area contributed by atoms with Crippen molar-refractivity contribution < 1.29 is 9.18 Å². The molecule has 4 heteroatoms. The first-order valence-electron chi connectivity index (χ1n) is 5.08. The molecule has 1 N–H and O–H groups in total. The lowest BCUT2D eigenvalue weighted by Crippen LogP contribution is -2.48. The lowest BCUT2D eigenvalue weighted by Gasteiger charge is -2.27.